The Morgan fingerprint density at radius 2 is 1.45 bits per heavy atom. The second kappa shape index (κ2) is 9.42. The van der Waals surface area contributed by atoms with Gasteiger partial charge in [0.05, 0.1) is 13.1 Å². The number of carbonyl (C=O) groups is 2. The molecule has 6 nitrogen and oxygen atoms in total. The number of rotatable bonds is 7. The number of halogens is 3. The third kappa shape index (κ3) is 7.46. The van der Waals surface area contributed by atoms with E-state index in [1.807, 2.05) is 32.0 Å². The standard InChI is InChI=1S/C20H22F3N3O3/c1-13-5-4-6-14(2)19(13)25-18(28)12-26(3)11-17(27)24-15-7-9-16(10-8-15)29-20(21,22)23/h4-10H,11-12H2,1-3H3,(H,24,27)(H,25,28). The van der Waals surface area contributed by atoms with E-state index in [9.17, 15) is 22.8 Å². The van der Waals surface area contributed by atoms with Gasteiger partial charge in [0.25, 0.3) is 0 Å². The van der Waals surface area contributed by atoms with Gasteiger partial charge < -0.3 is 15.4 Å². The Labute approximate surface area is 166 Å². The summed E-state index contributed by atoms with van der Waals surface area (Å²) in [6.07, 6.45) is -4.77. The minimum Gasteiger partial charge on any atom is -0.406 e. The molecule has 0 aliphatic rings. The van der Waals surface area contributed by atoms with Crippen LogP contribution in [0, 0.1) is 13.8 Å². The molecule has 0 aromatic heterocycles. The van der Waals surface area contributed by atoms with Crippen LogP contribution in [0.1, 0.15) is 11.1 Å². The highest BCUT2D eigenvalue weighted by Crippen LogP contribution is 2.24. The average Bonchev–Trinajstić information content (AvgIpc) is 2.58. The molecule has 0 saturated heterocycles. The Balaban J connectivity index is 1.83. The predicted octanol–water partition coefficient (Wildman–Crippen LogP) is 3.71. The number of carbonyl (C=O) groups excluding carboxylic acids is 2. The van der Waals surface area contributed by atoms with E-state index in [4.69, 9.17) is 0 Å². The number of hydrogen-bond acceptors (Lipinski definition) is 4. The van der Waals surface area contributed by atoms with E-state index >= 15 is 0 Å². The van der Waals surface area contributed by atoms with Gasteiger partial charge in [0.2, 0.25) is 11.8 Å². The highest BCUT2D eigenvalue weighted by Gasteiger charge is 2.30. The molecule has 2 aromatic carbocycles. The second-order valence-corrected chi connectivity index (χ2v) is 6.61. The molecule has 2 N–H and O–H groups in total. The molecule has 0 fully saturated rings. The smallest absolute Gasteiger partial charge is 0.406 e. The summed E-state index contributed by atoms with van der Waals surface area (Å²) in [5.41, 5.74) is 2.95. The SMILES string of the molecule is Cc1cccc(C)c1NC(=O)CN(C)CC(=O)Nc1ccc(OC(F)(F)F)cc1. The van der Waals surface area contributed by atoms with Crippen LogP contribution in [0.15, 0.2) is 42.5 Å². The molecule has 0 radical (unpaired) electrons. The molecule has 2 amide bonds. The third-order valence-corrected chi connectivity index (χ3v) is 3.94. The molecule has 9 heteroatoms. The molecule has 0 spiro atoms. The molecule has 0 unspecified atom stereocenters. The zero-order valence-corrected chi connectivity index (χ0v) is 16.3. The second-order valence-electron chi connectivity index (χ2n) is 6.61. The van der Waals surface area contributed by atoms with Crippen molar-refractivity contribution < 1.29 is 27.5 Å². The summed E-state index contributed by atoms with van der Waals surface area (Å²) in [5, 5.41) is 5.39. The summed E-state index contributed by atoms with van der Waals surface area (Å²) in [6.45, 7) is 3.72. The van der Waals surface area contributed by atoms with Crippen LogP contribution in [0.3, 0.4) is 0 Å². The van der Waals surface area contributed by atoms with E-state index in [0.29, 0.717) is 5.69 Å². The highest BCUT2D eigenvalue weighted by atomic mass is 19.4. The van der Waals surface area contributed by atoms with Gasteiger partial charge in [-0.2, -0.15) is 0 Å². The van der Waals surface area contributed by atoms with Gasteiger partial charge in [0.15, 0.2) is 0 Å². The summed E-state index contributed by atoms with van der Waals surface area (Å²) < 4.78 is 40.2. The lowest BCUT2D eigenvalue weighted by molar-refractivity contribution is -0.274. The molecule has 29 heavy (non-hydrogen) atoms. The molecule has 0 saturated carbocycles. The zero-order chi connectivity index (χ0) is 21.6. The van der Waals surface area contributed by atoms with Crippen LogP contribution < -0.4 is 15.4 Å². The number of benzene rings is 2. The molecule has 0 bridgehead atoms. The monoisotopic (exact) mass is 409 g/mol. The van der Waals surface area contributed by atoms with Crippen molar-refractivity contribution in [3.8, 4) is 5.75 Å². The molecule has 2 aromatic rings. The number of likely N-dealkylation sites (N-methyl/N-ethyl adjacent to an activating group) is 1. The number of ether oxygens (including phenoxy) is 1. The first kappa shape index (κ1) is 22.2. The quantitative estimate of drug-likeness (QED) is 0.732. The Morgan fingerprint density at radius 3 is 1.97 bits per heavy atom. The summed E-state index contributed by atoms with van der Waals surface area (Å²) in [7, 11) is 1.62. The van der Waals surface area contributed by atoms with Crippen molar-refractivity contribution in [2.75, 3.05) is 30.8 Å². The van der Waals surface area contributed by atoms with Gasteiger partial charge in [0.1, 0.15) is 5.75 Å². The molecule has 0 aliphatic carbocycles. The number of alkyl halides is 3. The van der Waals surface area contributed by atoms with Crippen LogP contribution in [0.2, 0.25) is 0 Å². The van der Waals surface area contributed by atoms with Crippen LogP contribution in [-0.2, 0) is 9.59 Å². The van der Waals surface area contributed by atoms with E-state index in [2.05, 4.69) is 15.4 Å². The number of hydrogen-bond donors (Lipinski definition) is 2. The van der Waals surface area contributed by atoms with Crippen molar-refractivity contribution >= 4 is 23.2 Å². The first-order chi connectivity index (χ1) is 13.5. The van der Waals surface area contributed by atoms with Crippen molar-refractivity contribution in [3.63, 3.8) is 0 Å². The third-order valence-electron chi connectivity index (χ3n) is 3.94. The molecule has 0 heterocycles. The lowest BCUT2D eigenvalue weighted by Crippen LogP contribution is -2.36. The maximum Gasteiger partial charge on any atom is 0.573 e. The molecule has 0 atom stereocenters. The number of amides is 2. The van der Waals surface area contributed by atoms with Gasteiger partial charge >= 0.3 is 6.36 Å². The van der Waals surface area contributed by atoms with Gasteiger partial charge in [0, 0.05) is 11.4 Å². The molecular formula is C20H22F3N3O3. The summed E-state index contributed by atoms with van der Waals surface area (Å²) in [6, 6.07) is 10.5. The van der Waals surface area contributed by atoms with Gasteiger partial charge in [-0.25, -0.2) is 0 Å². The molecule has 0 aliphatic heterocycles. The maximum atomic E-state index is 12.2. The van der Waals surface area contributed by atoms with Gasteiger partial charge in [-0.3, -0.25) is 14.5 Å². The minimum atomic E-state index is -4.77. The highest BCUT2D eigenvalue weighted by molar-refractivity contribution is 5.95. The maximum absolute atomic E-state index is 12.2. The topological polar surface area (TPSA) is 70.7 Å². The number of nitrogens with zero attached hydrogens (tertiary/aromatic N) is 1. The van der Waals surface area contributed by atoms with Crippen molar-refractivity contribution in [1.29, 1.82) is 0 Å². The van der Waals surface area contributed by atoms with Crippen molar-refractivity contribution in [2.24, 2.45) is 0 Å². The normalized spacial score (nSPS) is 11.3. The van der Waals surface area contributed by atoms with E-state index in [-0.39, 0.29) is 24.7 Å². The Kier molecular flexibility index (Phi) is 7.22. The largest absolute Gasteiger partial charge is 0.573 e. The molecule has 156 valence electrons. The summed E-state index contributed by atoms with van der Waals surface area (Å²) >= 11 is 0. The first-order valence-electron chi connectivity index (χ1n) is 8.74. The number of anilines is 2. The molecule has 2 rings (SSSR count). The van der Waals surface area contributed by atoms with Crippen LogP contribution in [0.25, 0.3) is 0 Å². The lowest BCUT2D eigenvalue weighted by Gasteiger charge is -2.17. The Bertz CT molecular complexity index is 847. The van der Waals surface area contributed by atoms with Gasteiger partial charge in [-0.1, -0.05) is 18.2 Å². The predicted molar refractivity (Wildman–Crippen MR) is 104 cm³/mol. The van der Waals surface area contributed by atoms with E-state index in [1.54, 1.807) is 7.05 Å². The van der Waals surface area contributed by atoms with Crippen LogP contribution >= 0.6 is 0 Å². The fraction of sp³-hybridized carbons (Fsp3) is 0.300. The minimum absolute atomic E-state index is 0.000442. The average molecular weight is 409 g/mol. The zero-order valence-electron chi connectivity index (χ0n) is 16.3. The Morgan fingerprint density at radius 1 is 0.931 bits per heavy atom. The van der Waals surface area contributed by atoms with E-state index in [1.165, 1.54) is 17.0 Å². The van der Waals surface area contributed by atoms with Crippen molar-refractivity contribution in [2.45, 2.75) is 20.2 Å². The number of nitrogens with one attached hydrogen (secondary N) is 2. The van der Waals surface area contributed by atoms with Crippen LogP contribution in [-0.4, -0.2) is 43.2 Å². The van der Waals surface area contributed by atoms with E-state index in [0.717, 1.165) is 28.9 Å². The fourth-order valence-corrected chi connectivity index (χ4v) is 2.68. The first-order valence-corrected chi connectivity index (χ1v) is 8.74. The van der Waals surface area contributed by atoms with E-state index < -0.39 is 12.3 Å². The molecular weight excluding hydrogens is 387 g/mol. The van der Waals surface area contributed by atoms with Crippen molar-refractivity contribution in [3.05, 3.63) is 53.6 Å². The van der Waals surface area contributed by atoms with Crippen LogP contribution in [0.5, 0.6) is 5.75 Å². The van der Waals surface area contributed by atoms with Crippen LogP contribution in [0.4, 0.5) is 24.5 Å². The Hall–Kier alpha value is -3.07. The van der Waals surface area contributed by atoms with Gasteiger partial charge in [-0.05, 0) is 56.3 Å². The number of aryl methyl sites for hydroxylation is 2. The summed E-state index contributed by atoms with van der Waals surface area (Å²) in [4.78, 5) is 25.8. The fourth-order valence-electron chi connectivity index (χ4n) is 2.68. The van der Waals surface area contributed by atoms with Gasteiger partial charge in [-0.15, -0.1) is 13.2 Å². The lowest BCUT2D eigenvalue weighted by atomic mass is 10.1. The number of para-hydroxylation sites is 1. The summed E-state index contributed by atoms with van der Waals surface area (Å²) in [5.74, 6) is -1.04. The van der Waals surface area contributed by atoms with Crippen molar-refractivity contribution in [1.82, 2.24) is 4.90 Å².